The molecule has 0 saturated heterocycles. The summed E-state index contributed by atoms with van der Waals surface area (Å²) in [5.74, 6) is -0.246. The van der Waals surface area contributed by atoms with Crippen LogP contribution < -0.4 is 10.1 Å². The van der Waals surface area contributed by atoms with Crippen LogP contribution in [0.15, 0.2) is 67.1 Å². The number of nitrogens with one attached hydrogen (secondary N) is 2. The van der Waals surface area contributed by atoms with Crippen LogP contribution in [0.2, 0.25) is 0 Å². The van der Waals surface area contributed by atoms with E-state index in [0.717, 1.165) is 34.2 Å². The Labute approximate surface area is 218 Å². The number of hydrogen-bond acceptors (Lipinski definition) is 5. The second kappa shape index (κ2) is 9.57. The molecule has 0 spiro atoms. The lowest BCUT2D eigenvalue weighted by Crippen LogP contribution is -2.54. The lowest BCUT2D eigenvalue weighted by atomic mass is 9.75. The molecular weight excluding hydrogens is 485 g/mol. The van der Waals surface area contributed by atoms with Crippen molar-refractivity contribution in [2.75, 3.05) is 7.11 Å². The zero-order valence-electron chi connectivity index (χ0n) is 20.9. The predicted octanol–water partition coefficient (Wildman–Crippen LogP) is 4.67. The summed E-state index contributed by atoms with van der Waals surface area (Å²) >= 11 is 0. The van der Waals surface area contributed by atoms with Crippen LogP contribution in [0.1, 0.15) is 41.6 Å². The number of fused-ring (bicyclic) bond motifs is 2. The van der Waals surface area contributed by atoms with Gasteiger partial charge in [0.2, 0.25) is 0 Å². The molecule has 8 nitrogen and oxygen atoms in total. The summed E-state index contributed by atoms with van der Waals surface area (Å²) in [7, 11) is 1.50. The van der Waals surface area contributed by atoms with Gasteiger partial charge in [-0.15, -0.1) is 0 Å². The highest BCUT2D eigenvalue weighted by molar-refractivity contribution is 6.01. The maximum atomic E-state index is 14.9. The fourth-order valence-electron chi connectivity index (χ4n) is 5.64. The van der Waals surface area contributed by atoms with Crippen molar-refractivity contribution < 1.29 is 19.0 Å². The molecule has 1 fully saturated rings. The number of amides is 1. The highest BCUT2D eigenvalue weighted by Crippen LogP contribution is 2.36. The number of ether oxygens (including phenoxy) is 1. The number of nitrogens with zero attached hydrogens (tertiary/aromatic N) is 3. The minimum atomic E-state index is -0.815. The summed E-state index contributed by atoms with van der Waals surface area (Å²) in [6, 6.07) is 14.0. The first kappa shape index (κ1) is 24.1. The largest absolute Gasteiger partial charge is 0.496 e. The highest BCUT2D eigenvalue weighted by atomic mass is 19.1. The molecule has 1 aliphatic rings. The number of carbonyl (C=O) groups excluding carboxylic acids is 1. The van der Waals surface area contributed by atoms with Crippen molar-refractivity contribution in [1.29, 1.82) is 0 Å². The van der Waals surface area contributed by atoms with Crippen LogP contribution in [-0.2, 0) is 6.42 Å². The van der Waals surface area contributed by atoms with E-state index in [2.05, 4.69) is 20.5 Å². The Balaban J connectivity index is 1.34. The third-order valence-electron chi connectivity index (χ3n) is 7.50. The Kier molecular flexibility index (Phi) is 6.07. The molecule has 1 aliphatic carbocycles. The molecule has 2 aromatic carbocycles. The number of halogens is 1. The number of imidazole rings is 1. The van der Waals surface area contributed by atoms with Gasteiger partial charge in [-0.3, -0.25) is 9.89 Å². The molecule has 9 heteroatoms. The van der Waals surface area contributed by atoms with E-state index in [0.29, 0.717) is 36.1 Å². The normalized spacial score (nSPS) is 19.6. The number of rotatable bonds is 6. The van der Waals surface area contributed by atoms with E-state index in [-0.39, 0.29) is 12.3 Å². The molecule has 0 bridgehead atoms. The molecular formula is C29H28FN5O3. The minimum Gasteiger partial charge on any atom is -0.496 e. The van der Waals surface area contributed by atoms with Crippen LogP contribution >= 0.6 is 0 Å². The van der Waals surface area contributed by atoms with E-state index in [9.17, 15) is 14.3 Å². The van der Waals surface area contributed by atoms with Gasteiger partial charge in [-0.2, -0.15) is 5.10 Å². The number of hydrogen-bond donors (Lipinski definition) is 3. The van der Waals surface area contributed by atoms with Crippen molar-refractivity contribution in [3.63, 3.8) is 0 Å². The Hall–Kier alpha value is -4.24. The van der Waals surface area contributed by atoms with Gasteiger partial charge in [-0.05, 0) is 68.1 Å². The topological polar surface area (TPSA) is 105 Å². The quantitative estimate of drug-likeness (QED) is 0.306. The van der Waals surface area contributed by atoms with Crippen molar-refractivity contribution >= 4 is 22.5 Å². The van der Waals surface area contributed by atoms with Crippen LogP contribution in [0.5, 0.6) is 5.75 Å². The van der Waals surface area contributed by atoms with E-state index < -0.39 is 17.5 Å². The molecule has 3 aromatic heterocycles. The third kappa shape index (κ3) is 4.39. The standard InChI is InChI=1S/C29H28FN5O3/c1-38-25-6-2-5-23(30)22(25)16-29(11-3-4-20(36)15-29)32-28(37)18-7-9-24-21(14-18)27(34-33-24)19-8-10-26-31-12-13-35(26)17-19/h2,5-10,12-14,17,20,36H,3-4,11,15-16H2,1H3,(H,32,37)(H,33,34)/t20-,29-/m0/s1. The first-order valence-corrected chi connectivity index (χ1v) is 12.7. The van der Waals surface area contributed by atoms with Crippen molar-refractivity contribution in [2.45, 2.75) is 43.7 Å². The number of benzene rings is 2. The fourth-order valence-corrected chi connectivity index (χ4v) is 5.64. The predicted molar refractivity (Wildman–Crippen MR) is 142 cm³/mol. The summed E-state index contributed by atoms with van der Waals surface area (Å²) in [6.45, 7) is 0. The molecule has 194 valence electrons. The van der Waals surface area contributed by atoms with Crippen molar-refractivity contribution in [2.24, 2.45) is 0 Å². The van der Waals surface area contributed by atoms with E-state index in [4.69, 9.17) is 4.74 Å². The van der Waals surface area contributed by atoms with Crippen molar-refractivity contribution in [3.05, 3.63) is 84.1 Å². The molecule has 5 aromatic rings. The number of carbonyl (C=O) groups is 1. The van der Waals surface area contributed by atoms with Gasteiger partial charge in [0.15, 0.2) is 0 Å². The smallest absolute Gasteiger partial charge is 0.251 e. The van der Waals surface area contributed by atoms with E-state index in [1.54, 1.807) is 24.4 Å². The summed E-state index contributed by atoms with van der Waals surface area (Å²) in [4.78, 5) is 17.9. The monoisotopic (exact) mass is 513 g/mol. The number of aromatic nitrogens is 4. The van der Waals surface area contributed by atoms with Crippen LogP contribution in [0.25, 0.3) is 27.8 Å². The van der Waals surface area contributed by atoms with Gasteiger partial charge in [0.1, 0.15) is 22.9 Å². The molecule has 1 saturated carbocycles. The van der Waals surface area contributed by atoms with E-state index in [1.807, 2.05) is 41.1 Å². The summed E-state index contributed by atoms with van der Waals surface area (Å²) in [5.41, 5.74) is 3.30. The Morgan fingerprint density at radius 2 is 2.18 bits per heavy atom. The molecule has 6 rings (SSSR count). The van der Waals surface area contributed by atoms with Crippen LogP contribution in [0.4, 0.5) is 4.39 Å². The zero-order chi connectivity index (χ0) is 26.3. The molecule has 2 atom stereocenters. The Bertz CT molecular complexity index is 1640. The number of aliphatic hydroxyl groups is 1. The van der Waals surface area contributed by atoms with Crippen LogP contribution in [0, 0.1) is 5.82 Å². The maximum absolute atomic E-state index is 14.9. The van der Waals surface area contributed by atoms with Gasteiger partial charge >= 0.3 is 0 Å². The fraction of sp³-hybridized carbons (Fsp3) is 0.276. The summed E-state index contributed by atoms with van der Waals surface area (Å²) in [6.07, 6.45) is 7.52. The average Bonchev–Trinajstić information content (AvgIpc) is 3.56. The summed E-state index contributed by atoms with van der Waals surface area (Å²) in [5, 5.41) is 22.1. The van der Waals surface area contributed by atoms with Crippen molar-refractivity contribution in [1.82, 2.24) is 24.9 Å². The number of methoxy groups -OCH3 is 1. The van der Waals surface area contributed by atoms with Crippen LogP contribution in [-0.4, -0.2) is 49.3 Å². The molecule has 3 heterocycles. The second-order valence-corrected chi connectivity index (χ2v) is 10.0. The molecule has 0 unspecified atom stereocenters. The molecule has 0 radical (unpaired) electrons. The number of aliphatic hydroxyl groups excluding tert-OH is 1. The summed E-state index contributed by atoms with van der Waals surface area (Å²) < 4.78 is 22.2. The molecule has 0 aliphatic heterocycles. The van der Waals surface area contributed by atoms with E-state index >= 15 is 0 Å². The van der Waals surface area contributed by atoms with Gasteiger partial charge in [0.05, 0.1) is 18.7 Å². The van der Waals surface area contributed by atoms with Gasteiger partial charge < -0.3 is 19.6 Å². The van der Waals surface area contributed by atoms with Gasteiger partial charge in [0, 0.05) is 52.6 Å². The second-order valence-electron chi connectivity index (χ2n) is 10.0. The Morgan fingerprint density at radius 3 is 3.03 bits per heavy atom. The number of pyridine rings is 1. The highest BCUT2D eigenvalue weighted by Gasteiger charge is 2.39. The third-order valence-corrected chi connectivity index (χ3v) is 7.50. The first-order valence-electron chi connectivity index (χ1n) is 12.7. The van der Waals surface area contributed by atoms with Gasteiger partial charge in [0.25, 0.3) is 5.91 Å². The zero-order valence-corrected chi connectivity index (χ0v) is 20.9. The van der Waals surface area contributed by atoms with Gasteiger partial charge in [-0.1, -0.05) is 6.07 Å². The lowest BCUT2D eigenvalue weighted by molar-refractivity contribution is 0.0601. The lowest BCUT2D eigenvalue weighted by Gasteiger charge is -2.40. The molecule has 3 N–H and O–H groups in total. The van der Waals surface area contributed by atoms with Gasteiger partial charge in [-0.25, -0.2) is 9.37 Å². The van der Waals surface area contributed by atoms with E-state index in [1.165, 1.54) is 13.2 Å². The molecule has 38 heavy (non-hydrogen) atoms. The van der Waals surface area contributed by atoms with Crippen molar-refractivity contribution in [3.8, 4) is 17.0 Å². The molecule has 1 amide bonds. The first-order chi connectivity index (χ1) is 18.4. The SMILES string of the molecule is COc1cccc(F)c1C[C@]1(NC(=O)c2ccc3[nH]nc(-c4ccc5nccn5c4)c3c2)CCC[C@H](O)C1. The minimum absolute atomic E-state index is 0.218. The number of H-pyrrole nitrogens is 1. The van der Waals surface area contributed by atoms with Crippen LogP contribution in [0.3, 0.4) is 0 Å². The average molecular weight is 514 g/mol. The maximum Gasteiger partial charge on any atom is 0.251 e. The number of aromatic amines is 1. The Morgan fingerprint density at radius 1 is 1.29 bits per heavy atom.